The van der Waals surface area contributed by atoms with Gasteiger partial charge in [0.25, 0.3) is 5.69 Å². The summed E-state index contributed by atoms with van der Waals surface area (Å²) in [6, 6.07) is 1.58. The fourth-order valence-electron chi connectivity index (χ4n) is 2.58. The van der Waals surface area contributed by atoms with Crippen molar-refractivity contribution in [1.82, 2.24) is 0 Å². The second-order valence-corrected chi connectivity index (χ2v) is 5.38. The Morgan fingerprint density at radius 2 is 2.14 bits per heavy atom. The molecule has 1 aromatic rings. The molecule has 21 heavy (non-hydrogen) atoms. The average Bonchev–Trinajstić information content (AvgIpc) is 2.41. The fraction of sp³-hybridized carbons (Fsp3) is 0.462. The number of nitrogens with zero attached hydrogens (tertiary/aromatic N) is 2. The van der Waals surface area contributed by atoms with Crippen molar-refractivity contribution in [1.29, 1.82) is 0 Å². The second kappa shape index (κ2) is 5.27. The van der Waals surface area contributed by atoms with E-state index in [-0.39, 0.29) is 13.1 Å². The summed E-state index contributed by atoms with van der Waals surface area (Å²) in [5.74, 6) is -3.58. The molecule has 0 radical (unpaired) electrons. The lowest BCUT2D eigenvalue weighted by Crippen LogP contribution is -2.46. The number of halogens is 2. The first-order valence-corrected chi connectivity index (χ1v) is 6.37. The molecule has 1 N–H and O–H groups in total. The molecule has 114 valence electrons. The first-order chi connectivity index (χ1) is 9.76. The van der Waals surface area contributed by atoms with E-state index in [9.17, 15) is 28.8 Å². The van der Waals surface area contributed by atoms with Crippen molar-refractivity contribution in [3.63, 3.8) is 0 Å². The minimum atomic E-state index is -1.32. The van der Waals surface area contributed by atoms with Crippen LogP contribution in [-0.4, -0.2) is 29.1 Å². The number of nitro benzene ring substituents is 1. The highest BCUT2D eigenvalue weighted by Crippen LogP contribution is 2.38. The molecule has 6 nitrogen and oxygen atoms in total. The van der Waals surface area contributed by atoms with E-state index in [4.69, 9.17) is 0 Å². The van der Waals surface area contributed by atoms with Gasteiger partial charge in [0, 0.05) is 19.2 Å². The lowest BCUT2D eigenvalue weighted by atomic mass is 9.82. The summed E-state index contributed by atoms with van der Waals surface area (Å²) in [6.45, 7) is 1.62. The SMILES string of the molecule is CC1(C(=O)O)CCCN(c2c([N+](=O)[O-])ccc(F)c2F)C1. The van der Waals surface area contributed by atoms with E-state index in [2.05, 4.69) is 0 Å². The topological polar surface area (TPSA) is 83.7 Å². The molecule has 1 unspecified atom stereocenters. The Bertz CT molecular complexity index is 608. The molecular weight excluding hydrogens is 286 g/mol. The summed E-state index contributed by atoms with van der Waals surface area (Å²) in [4.78, 5) is 22.7. The number of carbonyl (C=O) groups is 1. The van der Waals surface area contributed by atoms with Gasteiger partial charge in [-0.1, -0.05) is 0 Å². The third kappa shape index (κ3) is 2.65. The number of anilines is 1. The number of benzene rings is 1. The average molecular weight is 300 g/mol. The Balaban J connectivity index is 2.48. The van der Waals surface area contributed by atoms with E-state index < -0.39 is 39.3 Å². The molecule has 1 atom stereocenters. The summed E-state index contributed by atoms with van der Waals surface area (Å²) in [5, 5.41) is 20.2. The third-order valence-electron chi connectivity index (χ3n) is 3.77. The second-order valence-electron chi connectivity index (χ2n) is 5.38. The number of piperidine rings is 1. The molecule has 0 aliphatic carbocycles. The molecule has 1 aromatic carbocycles. The van der Waals surface area contributed by atoms with E-state index in [0.29, 0.717) is 18.9 Å². The number of carboxylic acids is 1. The van der Waals surface area contributed by atoms with E-state index in [1.165, 1.54) is 11.8 Å². The maximum atomic E-state index is 14.0. The van der Waals surface area contributed by atoms with Crippen LogP contribution in [0.3, 0.4) is 0 Å². The molecule has 8 heteroatoms. The van der Waals surface area contributed by atoms with Crippen molar-refractivity contribution >= 4 is 17.3 Å². The highest BCUT2D eigenvalue weighted by atomic mass is 19.2. The molecule has 0 saturated carbocycles. The Morgan fingerprint density at radius 1 is 1.48 bits per heavy atom. The molecule has 1 saturated heterocycles. The molecular formula is C13H14F2N2O4. The van der Waals surface area contributed by atoms with E-state index in [1.807, 2.05) is 0 Å². The Morgan fingerprint density at radius 3 is 2.71 bits per heavy atom. The van der Waals surface area contributed by atoms with Crippen molar-refractivity contribution in [3.05, 3.63) is 33.9 Å². The maximum Gasteiger partial charge on any atom is 0.311 e. The van der Waals surface area contributed by atoms with Gasteiger partial charge in [-0.15, -0.1) is 0 Å². The first kappa shape index (κ1) is 15.1. The van der Waals surface area contributed by atoms with Gasteiger partial charge in [0.1, 0.15) is 0 Å². The first-order valence-electron chi connectivity index (χ1n) is 6.37. The normalized spacial score (nSPS) is 22.1. The summed E-state index contributed by atoms with van der Waals surface area (Å²) in [6.07, 6.45) is 0.805. The molecule has 2 rings (SSSR count). The Hall–Kier alpha value is -2.25. The molecule has 0 spiro atoms. The molecule has 1 fully saturated rings. The number of aliphatic carboxylic acids is 1. The molecule has 1 aliphatic rings. The smallest absolute Gasteiger partial charge is 0.311 e. The zero-order valence-electron chi connectivity index (χ0n) is 11.3. The number of nitro groups is 1. The standard InChI is InChI=1S/C13H14F2N2O4/c1-13(12(18)19)5-2-6-16(7-13)11-9(17(20)21)4-3-8(14)10(11)15/h3-4H,2,5-7H2,1H3,(H,18,19). The van der Waals surface area contributed by atoms with Crippen LogP contribution in [0.15, 0.2) is 12.1 Å². The van der Waals surface area contributed by atoms with Gasteiger partial charge in [-0.05, 0) is 25.8 Å². The number of rotatable bonds is 3. The van der Waals surface area contributed by atoms with Crippen LogP contribution in [0.1, 0.15) is 19.8 Å². The largest absolute Gasteiger partial charge is 0.481 e. The lowest BCUT2D eigenvalue weighted by Gasteiger charge is -2.38. The molecule has 1 heterocycles. The summed E-state index contributed by atoms with van der Waals surface area (Å²) in [5.41, 5.74) is -2.19. The summed E-state index contributed by atoms with van der Waals surface area (Å²) in [7, 11) is 0. The number of hydrogen-bond acceptors (Lipinski definition) is 4. The quantitative estimate of drug-likeness (QED) is 0.685. The monoisotopic (exact) mass is 300 g/mol. The van der Waals surface area contributed by atoms with Crippen molar-refractivity contribution < 1.29 is 23.6 Å². The van der Waals surface area contributed by atoms with Gasteiger partial charge in [-0.2, -0.15) is 0 Å². The van der Waals surface area contributed by atoms with E-state index in [1.54, 1.807) is 0 Å². The van der Waals surface area contributed by atoms with Crippen LogP contribution in [0.5, 0.6) is 0 Å². The Labute approximate surface area is 119 Å². The highest BCUT2D eigenvalue weighted by Gasteiger charge is 2.40. The van der Waals surface area contributed by atoms with Crippen LogP contribution in [0.2, 0.25) is 0 Å². The van der Waals surface area contributed by atoms with Crippen LogP contribution in [0, 0.1) is 27.2 Å². The van der Waals surface area contributed by atoms with Gasteiger partial charge in [-0.3, -0.25) is 14.9 Å². The van der Waals surface area contributed by atoms with Gasteiger partial charge in [-0.25, -0.2) is 8.78 Å². The van der Waals surface area contributed by atoms with Crippen LogP contribution in [-0.2, 0) is 4.79 Å². The van der Waals surface area contributed by atoms with E-state index in [0.717, 1.165) is 6.07 Å². The van der Waals surface area contributed by atoms with Crippen LogP contribution in [0.25, 0.3) is 0 Å². The molecule has 0 aromatic heterocycles. The lowest BCUT2D eigenvalue weighted by molar-refractivity contribution is -0.384. The predicted octanol–water partition coefficient (Wildman–Crippen LogP) is 2.56. The van der Waals surface area contributed by atoms with Gasteiger partial charge >= 0.3 is 5.97 Å². The number of carboxylic acid groups (broad SMARTS) is 1. The van der Waals surface area contributed by atoms with Gasteiger partial charge in [0.05, 0.1) is 10.3 Å². The van der Waals surface area contributed by atoms with Crippen molar-refractivity contribution in [2.75, 3.05) is 18.0 Å². The summed E-state index contributed by atoms with van der Waals surface area (Å²) >= 11 is 0. The van der Waals surface area contributed by atoms with E-state index >= 15 is 0 Å². The summed E-state index contributed by atoms with van der Waals surface area (Å²) < 4.78 is 27.4. The highest BCUT2D eigenvalue weighted by molar-refractivity contribution is 5.76. The predicted molar refractivity (Wildman–Crippen MR) is 70.2 cm³/mol. The molecule has 0 amide bonds. The third-order valence-corrected chi connectivity index (χ3v) is 3.77. The molecule has 1 aliphatic heterocycles. The fourth-order valence-corrected chi connectivity index (χ4v) is 2.58. The minimum Gasteiger partial charge on any atom is -0.481 e. The van der Waals surface area contributed by atoms with Gasteiger partial charge in [0.2, 0.25) is 0 Å². The van der Waals surface area contributed by atoms with Crippen LogP contribution in [0.4, 0.5) is 20.2 Å². The van der Waals surface area contributed by atoms with Crippen LogP contribution < -0.4 is 4.90 Å². The van der Waals surface area contributed by atoms with Crippen molar-refractivity contribution in [2.24, 2.45) is 5.41 Å². The van der Waals surface area contributed by atoms with Gasteiger partial charge in [0.15, 0.2) is 17.3 Å². The minimum absolute atomic E-state index is 0.108. The van der Waals surface area contributed by atoms with Crippen molar-refractivity contribution in [2.45, 2.75) is 19.8 Å². The zero-order chi connectivity index (χ0) is 15.8. The molecule has 0 bridgehead atoms. The number of hydrogen-bond donors (Lipinski definition) is 1. The Kier molecular flexibility index (Phi) is 3.80. The van der Waals surface area contributed by atoms with Gasteiger partial charge < -0.3 is 10.0 Å². The maximum absolute atomic E-state index is 14.0. The van der Waals surface area contributed by atoms with Crippen molar-refractivity contribution in [3.8, 4) is 0 Å². The van der Waals surface area contributed by atoms with Crippen LogP contribution >= 0.6 is 0 Å². The zero-order valence-corrected chi connectivity index (χ0v) is 11.3.